The zero-order valence-corrected chi connectivity index (χ0v) is 20.4. The zero-order chi connectivity index (χ0) is 24.5. The summed E-state index contributed by atoms with van der Waals surface area (Å²) in [6.45, 7) is 0. The second kappa shape index (κ2) is 9.51. The molecule has 36 heavy (non-hydrogen) atoms. The standard InChI is InChI=1S/C29H23N3O3S/c1-34-23-14-12-20(13-15-23)26-17-25(22-11-10-19-6-2-3-7-21(19)16-22)31-32(26)28(33)18-36-29-30-24-8-4-5-9-27(24)35-29/h2-16,26H,17-18H2,1H3. The van der Waals surface area contributed by atoms with Crippen molar-refractivity contribution < 1.29 is 13.9 Å². The molecule has 0 radical (unpaired) electrons. The van der Waals surface area contributed by atoms with Crippen LogP contribution in [0.4, 0.5) is 0 Å². The summed E-state index contributed by atoms with van der Waals surface area (Å²) >= 11 is 1.29. The molecule has 0 spiro atoms. The molecule has 178 valence electrons. The Bertz CT molecular complexity index is 1560. The second-order valence-electron chi connectivity index (χ2n) is 8.58. The molecule has 1 aliphatic heterocycles. The first kappa shape index (κ1) is 22.4. The maximum Gasteiger partial charge on any atom is 0.257 e. The maximum atomic E-state index is 13.4. The van der Waals surface area contributed by atoms with E-state index in [1.54, 1.807) is 12.1 Å². The summed E-state index contributed by atoms with van der Waals surface area (Å²) < 4.78 is 11.1. The number of para-hydroxylation sites is 2. The van der Waals surface area contributed by atoms with Crippen molar-refractivity contribution in [1.29, 1.82) is 0 Å². The molecule has 0 saturated heterocycles. The van der Waals surface area contributed by atoms with E-state index in [4.69, 9.17) is 14.3 Å². The van der Waals surface area contributed by atoms with Crippen LogP contribution in [-0.2, 0) is 4.79 Å². The molecule has 6 nitrogen and oxygen atoms in total. The fourth-order valence-electron chi connectivity index (χ4n) is 4.47. The number of carbonyl (C=O) groups is 1. The van der Waals surface area contributed by atoms with Crippen LogP contribution in [0.1, 0.15) is 23.6 Å². The smallest absolute Gasteiger partial charge is 0.257 e. The molecule has 7 heteroatoms. The molecular weight excluding hydrogens is 470 g/mol. The van der Waals surface area contributed by atoms with Gasteiger partial charge in [0.2, 0.25) is 0 Å². The lowest BCUT2D eigenvalue weighted by molar-refractivity contribution is -0.130. The average Bonchev–Trinajstić information content (AvgIpc) is 3.56. The van der Waals surface area contributed by atoms with E-state index in [1.165, 1.54) is 17.1 Å². The van der Waals surface area contributed by atoms with Gasteiger partial charge in [0, 0.05) is 6.42 Å². The van der Waals surface area contributed by atoms with Crippen molar-refractivity contribution in [2.75, 3.05) is 12.9 Å². The Morgan fingerprint density at radius 3 is 2.58 bits per heavy atom. The number of nitrogens with zero attached hydrogens (tertiary/aromatic N) is 3. The minimum Gasteiger partial charge on any atom is -0.497 e. The van der Waals surface area contributed by atoms with Crippen molar-refractivity contribution in [3.8, 4) is 5.75 Å². The van der Waals surface area contributed by atoms with Crippen molar-refractivity contribution in [1.82, 2.24) is 9.99 Å². The summed E-state index contributed by atoms with van der Waals surface area (Å²) in [5.41, 5.74) is 4.41. The van der Waals surface area contributed by atoms with Gasteiger partial charge >= 0.3 is 0 Å². The number of thioether (sulfide) groups is 1. The van der Waals surface area contributed by atoms with Gasteiger partial charge in [-0.2, -0.15) is 5.10 Å². The van der Waals surface area contributed by atoms with Crippen molar-refractivity contribution >= 4 is 45.3 Å². The monoisotopic (exact) mass is 493 g/mol. The van der Waals surface area contributed by atoms with Crippen LogP contribution in [0.25, 0.3) is 21.9 Å². The predicted octanol–water partition coefficient (Wildman–Crippen LogP) is 6.46. The summed E-state index contributed by atoms with van der Waals surface area (Å²) in [4.78, 5) is 17.9. The molecule has 4 aromatic carbocycles. The van der Waals surface area contributed by atoms with Gasteiger partial charge in [0.25, 0.3) is 11.1 Å². The Morgan fingerprint density at radius 1 is 1.00 bits per heavy atom. The predicted molar refractivity (Wildman–Crippen MR) is 142 cm³/mol. The van der Waals surface area contributed by atoms with Gasteiger partial charge in [-0.05, 0) is 52.2 Å². The van der Waals surface area contributed by atoms with Crippen LogP contribution in [0.15, 0.2) is 106 Å². The van der Waals surface area contributed by atoms with Crippen molar-refractivity contribution in [3.63, 3.8) is 0 Å². The molecule has 0 saturated carbocycles. The number of benzene rings is 4. The number of rotatable bonds is 6. The van der Waals surface area contributed by atoms with E-state index in [9.17, 15) is 4.79 Å². The highest BCUT2D eigenvalue weighted by Crippen LogP contribution is 2.35. The van der Waals surface area contributed by atoms with E-state index >= 15 is 0 Å². The number of carbonyl (C=O) groups excluding carboxylic acids is 1. The van der Waals surface area contributed by atoms with Crippen LogP contribution in [-0.4, -0.2) is 34.5 Å². The SMILES string of the molecule is COc1ccc(C2CC(c3ccc4ccccc4c3)=NN2C(=O)CSc2nc3ccccc3o2)cc1. The van der Waals surface area contributed by atoms with Crippen molar-refractivity contribution in [2.24, 2.45) is 5.10 Å². The average molecular weight is 494 g/mol. The number of fused-ring (bicyclic) bond motifs is 2. The van der Waals surface area contributed by atoms with Crippen molar-refractivity contribution in [3.05, 3.63) is 102 Å². The highest BCUT2D eigenvalue weighted by Gasteiger charge is 2.33. The van der Waals surface area contributed by atoms with Crippen LogP contribution < -0.4 is 4.74 Å². The third kappa shape index (κ3) is 4.33. The van der Waals surface area contributed by atoms with Gasteiger partial charge in [-0.3, -0.25) is 4.79 Å². The lowest BCUT2D eigenvalue weighted by atomic mass is 9.97. The number of hydrazone groups is 1. The molecule has 1 atom stereocenters. The zero-order valence-electron chi connectivity index (χ0n) is 19.6. The van der Waals surface area contributed by atoms with Crippen LogP contribution >= 0.6 is 11.8 Å². The number of amides is 1. The topological polar surface area (TPSA) is 67.9 Å². The van der Waals surface area contributed by atoms with E-state index in [0.717, 1.165) is 33.5 Å². The Kier molecular flexibility index (Phi) is 5.91. The normalized spacial score (nSPS) is 15.4. The highest BCUT2D eigenvalue weighted by atomic mass is 32.2. The third-order valence-electron chi connectivity index (χ3n) is 6.34. The summed E-state index contributed by atoms with van der Waals surface area (Å²) in [7, 11) is 1.64. The Balaban J connectivity index is 1.29. The molecule has 6 rings (SSSR count). The molecule has 1 unspecified atom stereocenters. The minimum atomic E-state index is -0.200. The van der Waals surface area contributed by atoms with E-state index in [0.29, 0.717) is 17.2 Å². The Hall–Kier alpha value is -4.10. The largest absolute Gasteiger partial charge is 0.497 e. The molecule has 1 amide bonds. The molecule has 0 N–H and O–H groups in total. The van der Waals surface area contributed by atoms with Gasteiger partial charge in [0.05, 0.1) is 24.6 Å². The van der Waals surface area contributed by atoms with E-state index in [2.05, 4.69) is 35.3 Å². The molecule has 0 bridgehead atoms. The van der Waals surface area contributed by atoms with Crippen LogP contribution in [0.3, 0.4) is 0 Å². The first-order valence-electron chi connectivity index (χ1n) is 11.7. The van der Waals surface area contributed by atoms with Crippen LogP contribution in [0.2, 0.25) is 0 Å². The maximum absolute atomic E-state index is 13.4. The quantitative estimate of drug-likeness (QED) is 0.254. The Labute approximate surface area is 212 Å². The van der Waals surface area contributed by atoms with Gasteiger partial charge in [-0.15, -0.1) is 0 Å². The molecule has 2 heterocycles. The van der Waals surface area contributed by atoms with Crippen molar-refractivity contribution in [2.45, 2.75) is 17.7 Å². The molecule has 1 aromatic heterocycles. The van der Waals surface area contributed by atoms with Gasteiger partial charge < -0.3 is 9.15 Å². The summed E-state index contributed by atoms with van der Waals surface area (Å²) in [6.07, 6.45) is 0.629. The second-order valence-corrected chi connectivity index (χ2v) is 9.50. The Morgan fingerprint density at radius 2 is 1.78 bits per heavy atom. The molecule has 1 aliphatic rings. The fraction of sp³-hybridized carbons (Fsp3) is 0.138. The first-order chi connectivity index (χ1) is 17.7. The summed E-state index contributed by atoms with van der Waals surface area (Å²) in [5, 5.41) is 9.24. The molecule has 0 aliphatic carbocycles. The summed E-state index contributed by atoms with van der Waals surface area (Å²) in [6, 6.07) is 29.8. The minimum absolute atomic E-state index is 0.0983. The summed E-state index contributed by atoms with van der Waals surface area (Å²) in [5.74, 6) is 0.851. The van der Waals surface area contributed by atoms with Gasteiger partial charge in [-0.25, -0.2) is 9.99 Å². The number of aromatic nitrogens is 1. The first-order valence-corrected chi connectivity index (χ1v) is 12.7. The number of methoxy groups -OCH3 is 1. The number of hydrogen-bond donors (Lipinski definition) is 0. The third-order valence-corrected chi connectivity index (χ3v) is 7.16. The van der Waals surface area contributed by atoms with Gasteiger partial charge in [0.1, 0.15) is 11.3 Å². The fourth-order valence-corrected chi connectivity index (χ4v) is 5.16. The lowest BCUT2D eigenvalue weighted by Gasteiger charge is -2.22. The molecule has 5 aromatic rings. The highest BCUT2D eigenvalue weighted by molar-refractivity contribution is 7.99. The van der Waals surface area contributed by atoms with E-state index < -0.39 is 0 Å². The number of hydrogen-bond acceptors (Lipinski definition) is 6. The van der Waals surface area contributed by atoms with E-state index in [-0.39, 0.29) is 17.7 Å². The number of ether oxygens (including phenoxy) is 1. The van der Waals surface area contributed by atoms with Gasteiger partial charge in [-0.1, -0.05) is 72.4 Å². The molecular formula is C29H23N3O3S. The van der Waals surface area contributed by atoms with E-state index in [1.807, 2.05) is 60.7 Å². The van der Waals surface area contributed by atoms with Crippen LogP contribution in [0.5, 0.6) is 5.75 Å². The molecule has 0 fully saturated rings. The number of oxazole rings is 1. The van der Waals surface area contributed by atoms with Crippen LogP contribution in [0, 0.1) is 0 Å². The van der Waals surface area contributed by atoms with Gasteiger partial charge in [0.15, 0.2) is 5.58 Å². The lowest BCUT2D eigenvalue weighted by Crippen LogP contribution is -2.28.